The first kappa shape index (κ1) is 17.9. The van der Waals surface area contributed by atoms with E-state index >= 15 is 0 Å². The zero-order chi connectivity index (χ0) is 19.7. The minimum atomic E-state index is -1.10. The number of rotatable bonds is 4. The lowest BCUT2D eigenvalue weighted by Gasteiger charge is -2.50. The van der Waals surface area contributed by atoms with Gasteiger partial charge in [-0.25, -0.2) is 0 Å². The van der Waals surface area contributed by atoms with Crippen LogP contribution in [0.25, 0.3) is 0 Å². The maximum absolute atomic E-state index is 13.5. The van der Waals surface area contributed by atoms with Crippen molar-refractivity contribution in [3.63, 3.8) is 0 Å². The summed E-state index contributed by atoms with van der Waals surface area (Å²) in [6.45, 7) is 3.98. The van der Waals surface area contributed by atoms with Crippen LogP contribution in [-0.4, -0.2) is 16.8 Å². The second kappa shape index (κ2) is 6.93. The molecule has 0 unspecified atom stereocenters. The molecule has 5 nitrogen and oxygen atoms in total. The first-order valence-electron chi connectivity index (χ1n) is 9.19. The molecule has 0 saturated carbocycles. The van der Waals surface area contributed by atoms with E-state index in [1.807, 2.05) is 62.4 Å². The third kappa shape index (κ3) is 2.95. The van der Waals surface area contributed by atoms with Crippen molar-refractivity contribution in [1.82, 2.24) is 4.98 Å². The number of hydrogen-bond donors (Lipinski definition) is 1. The fraction of sp³-hybridized carbons (Fsp3) is 0.174. The highest BCUT2D eigenvalue weighted by atomic mass is 16.2. The fourth-order valence-corrected chi connectivity index (χ4v) is 3.60. The van der Waals surface area contributed by atoms with Crippen molar-refractivity contribution in [3.05, 3.63) is 89.7 Å². The Morgan fingerprint density at radius 2 is 1.50 bits per heavy atom. The molecule has 2 amide bonds. The smallest absolute Gasteiger partial charge is 0.255 e. The van der Waals surface area contributed by atoms with Gasteiger partial charge in [0.25, 0.3) is 5.91 Å². The normalized spacial score (nSPS) is 18.5. The van der Waals surface area contributed by atoms with Gasteiger partial charge in [-0.1, -0.05) is 35.4 Å². The molecule has 0 bridgehead atoms. The van der Waals surface area contributed by atoms with Gasteiger partial charge in [-0.2, -0.15) is 0 Å². The van der Waals surface area contributed by atoms with Gasteiger partial charge in [0.15, 0.2) is 5.54 Å². The third-order valence-corrected chi connectivity index (χ3v) is 5.17. The summed E-state index contributed by atoms with van der Waals surface area (Å²) in [6, 6.07) is 18.8. The van der Waals surface area contributed by atoms with E-state index < -0.39 is 5.54 Å². The first-order chi connectivity index (χ1) is 13.5. The molecule has 1 atom stereocenters. The highest BCUT2D eigenvalue weighted by molar-refractivity contribution is 6.17. The Labute approximate surface area is 164 Å². The Morgan fingerprint density at radius 3 is 2.07 bits per heavy atom. The molecule has 5 heteroatoms. The van der Waals surface area contributed by atoms with Gasteiger partial charge in [0.05, 0.1) is 6.42 Å². The lowest BCUT2D eigenvalue weighted by atomic mass is 9.76. The molecule has 0 aliphatic carbocycles. The van der Waals surface area contributed by atoms with Crippen molar-refractivity contribution < 1.29 is 9.59 Å². The second-order valence-electron chi connectivity index (χ2n) is 7.16. The van der Waals surface area contributed by atoms with Gasteiger partial charge < -0.3 is 5.32 Å². The minimum Gasteiger partial charge on any atom is -0.324 e. The van der Waals surface area contributed by atoms with Crippen LogP contribution in [0.5, 0.6) is 0 Å². The molecule has 1 aromatic heterocycles. The summed E-state index contributed by atoms with van der Waals surface area (Å²) in [6.07, 6.45) is 3.40. The molecule has 140 valence electrons. The van der Waals surface area contributed by atoms with E-state index in [2.05, 4.69) is 10.3 Å². The van der Waals surface area contributed by atoms with Gasteiger partial charge in [-0.15, -0.1) is 0 Å². The molecule has 1 aliphatic rings. The highest BCUT2D eigenvalue weighted by Gasteiger charge is 2.58. The number of β-lactam (4-membered cyclic amide) rings is 1. The van der Waals surface area contributed by atoms with E-state index in [-0.39, 0.29) is 18.2 Å². The van der Waals surface area contributed by atoms with E-state index in [9.17, 15) is 9.59 Å². The number of amides is 2. The summed E-state index contributed by atoms with van der Waals surface area (Å²) in [7, 11) is 0. The number of pyridine rings is 1. The number of aromatic nitrogens is 1. The zero-order valence-corrected chi connectivity index (χ0v) is 15.8. The Bertz CT molecular complexity index is 1010. The molecule has 3 aromatic rings. The maximum Gasteiger partial charge on any atom is 0.255 e. The summed E-state index contributed by atoms with van der Waals surface area (Å²) in [4.78, 5) is 31.8. The standard InChI is InChI=1S/C23H21N3O2/c1-16-3-7-19(8-4-16)25-22(28)23(18-11-13-24-14-12-18)15-21(27)26(23)20-9-5-17(2)6-10-20/h3-14H,15H2,1-2H3,(H,25,28)/t23-/m1/s1. The summed E-state index contributed by atoms with van der Waals surface area (Å²) in [5.74, 6) is -0.317. The van der Waals surface area contributed by atoms with Crippen LogP contribution < -0.4 is 10.2 Å². The van der Waals surface area contributed by atoms with E-state index in [1.165, 1.54) is 0 Å². The topological polar surface area (TPSA) is 62.3 Å². The van der Waals surface area contributed by atoms with Gasteiger partial charge in [0.2, 0.25) is 5.91 Å². The van der Waals surface area contributed by atoms with Crippen LogP contribution in [-0.2, 0) is 15.1 Å². The number of nitrogens with zero attached hydrogens (tertiary/aromatic N) is 2. The molecule has 0 spiro atoms. The summed E-state index contributed by atoms with van der Waals surface area (Å²) < 4.78 is 0. The maximum atomic E-state index is 13.5. The zero-order valence-electron chi connectivity index (χ0n) is 15.8. The Kier molecular flexibility index (Phi) is 4.43. The molecule has 1 N–H and O–H groups in total. The molecule has 2 heterocycles. The average molecular weight is 371 g/mol. The van der Waals surface area contributed by atoms with Crippen molar-refractivity contribution in [2.45, 2.75) is 25.8 Å². The summed E-state index contributed by atoms with van der Waals surface area (Å²) in [5, 5.41) is 2.99. The number of anilines is 2. The van der Waals surface area contributed by atoms with Gasteiger partial charge >= 0.3 is 0 Å². The monoisotopic (exact) mass is 371 g/mol. The molecule has 2 aromatic carbocycles. The molecule has 28 heavy (non-hydrogen) atoms. The van der Waals surface area contributed by atoms with Crippen LogP contribution in [0.15, 0.2) is 73.1 Å². The second-order valence-corrected chi connectivity index (χ2v) is 7.16. The van der Waals surface area contributed by atoms with Crippen molar-refractivity contribution in [3.8, 4) is 0 Å². The van der Waals surface area contributed by atoms with E-state index in [1.54, 1.807) is 29.4 Å². The Balaban J connectivity index is 1.77. The van der Waals surface area contributed by atoms with E-state index in [0.717, 1.165) is 16.7 Å². The van der Waals surface area contributed by atoms with Gasteiger partial charge in [0.1, 0.15) is 0 Å². The lowest BCUT2D eigenvalue weighted by molar-refractivity contribution is -0.137. The molecule has 1 saturated heterocycles. The van der Waals surface area contributed by atoms with Crippen LogP contribution in [0.1, 0.15) is 23.1 Å². The molecule has 1 fully saturated rings. The Hall–Kier alpha value is -3.47. The Morgan fingerprint density at radius 1 is 0.929 bits per heavy atom. The van der Waals surface area contributed by atoms with E-state index in [4.69, 9.17) is 0 Å². The fourth-order valence-electron chi connectivity index (χ4n) is 3.60. The van der Waals surface area contributed by atoms with Crippen molar-refractivity contribution in [2.24, 2.45) is 0 Å². The summed E-state index contributed by atoms with van der Waals surface area (Å²) in [5.41, 5.74) is 3.26. The largest absolute Gasteiger partial charge is 0.324 e. The van der Waals surface area contributed by atoms with Crippen LogP contribution in [0.4, 0.5) is 11.4 Å². The van der Waals surface area contributed by atoms with Crippen molar-refractivity contribution >= 4 is 23.2 Å². The van der Waals surface area contributed by atoms with Gasteiger partial charge in [-0.3, -0.25) is 19.5 Å². The quantitative estimate of drug-likeness (QED) is 0.706. The first-order valence-corrected chi connectivity index (χ1v) is 9.19. The van der Waals surface area contributed by atoms with E-state index in [0.29, 0.717) is 11.4 Å². The number of benzene rings is 2. The van der Waals surface area contributed by atoms with Crippen molar-refractivity contribution in [2.75, 3.05) is 10.2 Å². The predicted octanol–water partition coefficient (Wildman–Crippen LogP) is 3.97. The number of carbonyl (C=O) groups excluding carboxylic acids is 2. The van der Waals surface area contributed by atoms with Crippen LogP contribution >= 0.6 is 0 Å². The molecule has 0 radical (unpaired) electrons. The molecule has 1 aliphatic heterocycles. The molecular weight excluding hydrogens is 350 g/mol. The molecule has 4 rings (SSSR count). The van der Waals surface area contributed by atoms with Gasteiger partial charge in [-0.05, 0) is 55.8 Å². The molecular formula is C23H21N3O2. The van der Waals surface area contributed by atoms with Crippen LogP contribution in [0, 0.1) is 13.8 Å². The lowest BCUT2D eigenvalue weighted by Crippen LogP contribution is -2.67. The summed E-state index contributed by atoms with van der Waals surface area (Å²) >= 11 is 0. The van der Waals surface area contributed by atoms with Gasteiger partial charge in [0, 0.05) is 23.8 Å². The number of nitrogens with one attached hydrogen (secondary N) is 1. The predicted molar refractivity (Wildman–Crippen MR) is 109 cm³/mol. The SMILES string of the molecule is Cc1ccc(NC(=O)[C@]2(c3ccncc3)CC(=O)N2c2ccc(C)cc2)cc1. The highest BCUT2D eigenvalue weighted by Crippen LogP contribution is 2.45. The number of aryl methyl sites for hydroxylation is 2. The van der Waals surface area contributed by atoms with Crippen LogP contribution in [0.3, 0.4) is 0 Å². The van der Waals surface area contributed by atoms with Crippen molar-refractivity contribution in [1.29, 1.82) is 0 Å². The number of carbonyl (C=O) groups is 2. The van der Waals surface area contributed by atoms with Crippen LogP contribution in [0.2, 0.25) is 0 Å². The minimum absolute atomic E-state index is 0.0836. The number of hydrogen-bond acceptors (Lipinski definition) is 3. The average Bonchev–Trinajstić information content (AvgIpc) is 2.70. The third-order valence-electron chi connectivity index (χ3n) is 5.17.